The smallest absolute Gasteiger partial charge is 0.302 e. The van der Waals surface area contributed by atoms with Crippen molar-refractivity contribution in [3.8, 4) is 0 Å². The molecule has 10 atom stereocenters. The first-order valence-corrected chi connectivity index (χ1v) is 15.0. The van der Waals surface area contributed by atoms with Gasteiger partial charge >= 0.3 is 5.97 Å². The lowest BCUT2D eigenvalue weighted by molar-refractivity contribution is -0.245. The molecule has 4 fully saturated rings. The first-order chi connectivity index (χ1) is 16.5. The number of hydrogen-bond acceptors (Lipinski definition) is 3. The van der Waals surface area contributed by atoms with E-state index in [1.54, 1.807) is 6.92 Å². The SMILES string of the molecule is CC(=O)O[C@@H]1CC2[C@@]3(C)CC[C@H](C)C(C)(C)C3CC[C@@]2(C)[C@]2(C)CCC([C@@](C)(O)CCC=C(C)C)C12. The van der Waals surface area contributed by atoms with Crippen LogP contribution in [0.4, 0.5) is 0 Å². The Hall–Kier alpha value is -0.830. The highest BCUT2D eigenvalue weighted by atomic mass is 16.5. The molecule has 4 saturated carbocycles. The molecule has 0 aromatic carbocycles. The molecular formula is C33H56O3. The van der Waals surface area contributed by atoms with Crippen molar-refractivity contribution in [2.45, 2.75) is 139 Å². The maximum Gasteiger partial charge on any atom is 0.302 e. The summed E-state index contributed by atoms with van der Waals surface area (Å²) in [4.78, 5) is 12.5. The minimum Gasteiger partial charge on any atom is -0.462 e. The van der Waals surface area contributed by atoms with Gasteiger partial charge in [0.15, 0.2) is 0 Å². The van der Waals surface area contributed by atoms with Gasteiger partial charge in [-0.25, -0.2) is 0 Å². The van der Waals surface area contributed by atoms with E-state index in [0.717, 1.165) is 38.0 Å². The quantitative estimate of drug-likeness (QED) is 0.305. The standard InChI is InChI=1S/C33H56O3/c1-21(2)12-11-16-33(10,35)24-14-18-32(9)28(24)25(36-23(4)34)20-27-30(7)17-13-22(3)29(5,6)26(30)15-19-31(27,32)8/h12,22,24-28,35H,11,13-20H2,1-10H3/t22-,24?,25+,26?,27?,28?,30-,31+,32+,33-/m0/s1. The highest BCUT2D eigenvalue weighted by molar-refractivity contribution is 5.66. The number of ether oxygens (including phenoxy) is 1. The summed E-state index contributed by atoms with van der Waals surface area (Å²) in [5.74, 6) is 2.26. The van der Waals surface area contributed by atoms with Gasteiger partial charge in [-0.15, -0.1) is 0 Å². The number of aliphatic hydroxyl groups is 1. The Balaban J connectivity index is 1.74. The lowest BCUT2D eigenvalue weighted by Crippen LogP contribution is -2.66. The second-order valence-corrected chi connectivity index (χ2v) is 15.5. The molecule has 0 aliphatic heterocycles. The number of esters is 1. The van der Waals surface area contributed by atoms with Gasteiger partial charge in [0.25, 0.3) is 0 Å². The summed E-state index contributed by atoms with van der Waals surface area (Å²) >= 11 is 0. The van der Waals surface area contributed by atoms with E-state index < -0.39 is 5.60 Å². The van der Waals surface area contributed by atoms with E-state index in [1.165, 1.54) is 31.3 Å². The molecule has 0 aromatic heterocycles. The van der Waals surface area contributed by atoms with Gasteiger partial charge in [0, 0.05) is 12.8 Å². The molecule has 4 rings (SSSR count). The summed E-state index contributed by atoms with van der Waals surface area (Å²) in [6.07, 6.45) is 12.1. The van der Waals surface area contributed by atoms with Gasteiger partial charge in [-0.1, -0.05) is 53.2 Å². The molecule has 3 nitrogen and oxygen atoms in total. The van der Waals surface area contributed by atoms with E-state index in [1.807, 2.05) is 0 Å². The molecule has 0 radical (unpaired) electrons. The van der Waals surface area contributed by atoms with E-state index in [0.29, 0.717) is 17.3 Å². The molecule has 4 unspecified atom stereocenters. The molecule has 36 heavy (non-hydrogen) atoms. The molecule has 0 amide bonds. The average molecular weight is 501 g/mol. The number of hydrogen-bond donors (Lipinski definition) is 1. The number of carbonyl (C=O) groups excluding carboxylic acids is 1. The van der Waals surface area contributed by atoms with Crippen molar-refractivity contribution in [3.05, 3.63) is 11.6 Å². The molecule has 3 heteroatoms. The predicted octanol–water partition coefficient (Wildman–Crippen LogP) is 8.35. The van der Waals surface area contributed by atoms with Crippen molar-refractivity contribution < 1.29 is 14.6 Å². The summed E-state index contributed by atoms with van der Waals surface area (Å²) in [6.45, 7) is 23.1. The monoisotopic (exact) mass is 500 g/mol. The van der Waals surface area contributed by atoms with Crippen molar-refractivity contribution in [2.75, 3.05) is 0 Å². The third-order valence-electron chi connectivity index (χ3n) is 13.2. The topological polar surface area (TPSA) is 46.5 Å². The van der Waals surface area contributed by atoms with Crippen molar-refractivity contribution in [3.63, 3.8) is 0 Å². The van der Waals surface area contributed by atoms with Gasteiger partial charge in [-0.3, -0.25) is 4.79 Å². The normalized spacial score (nSPS) is 47.1. The van der Waals surface area contributed by atoms with Crippen LogP contribution in [0.3, 0.4) is 0 Å². The molecule has 0 saturated heterocycles. The lowest BCUT2D eigenvalue weighted by atomic mass is 9.34. The van der Waals surface area contributed by atoms with Gasteiger partial charge in [0.1, 0.15) is 6.10 Å². The molecule has 0 aromatic rings. The first kappa shape index (κ1) is 28.2. The van der Waals surface area contributed by atoms with Crippen molar-refractivity contribution in [2.24, 2.45) is 51.2 Å². The Kier molecular flexibility index (Phi) is 7.15. The summed E-state index contributed by atoms with van der Waals surface area (Å²) in [6, 6.07) is 0. The summed E-state index contributed by atoms with van der Waals surface area (Å²) in [7, 11) is 0. The van der Waals surface area contributed by atoms with E-state index in [2.05, 4.69) is 68.4 Å². The number of rotatable bonds is 5. The fourth-order valence-corrected chi connectivity index (χ4v) is 10.8. The van der Waals surface area contributed by atoms with Gasteiger partial charge in [0.2, 0.25) is 0 Å². The Morgan fingerprint density at radius 3 is 2.22 bits per heavy atom. The van der Waals surface area contributed by atoms with E-state index in [-0.39, 0.29) is 40.2 Å². The second-order valence-electron chi connectivity index (χ2n) is 15.5. The molecule has 1 N–H and O–H groups in total. The van der Waals surface area contributed by atoms with Crippen LogP contribution in [-0.4, -0.2) is 22.8 Å². The van der Waals surface area contributed by atoms with Crippen molar-refractivity contribution in [1.29, 1.82) is 0 Å². The van der Waals surface area contributed by atoms with Crippen LogP contribution in [-0.2, 0) is 9.53 Å². The zero-order chi connectivity index (χ0) is 26.9. The zero-order valence-corrected chi connectivity index (χ0v) is 25.2. The molecule has 4 aliphatic rings. The maximum atomic E-state index is 12.5. The van der Waals surface area contributed by atoms with Gasteiger partial charge in [0.05, 0.1) is 5.60 Å². The highest BCUT2D eigenvalue weighted by Gasteiger charge is 2.71. The fraction of sp³-hybridized carbons (Fsp3) is 0.909. The van der Waals surface area contributed by atoms with Crippen LogP contribution >= 0.6 is 0 Å². The molecular weight excluding hydrogens is 444 g/mol. The van der Waals surface area contributed by atoms with Crippen LogP contribution in [0.2, 0.25) is 0 Å². The lowest BCUT2D eigenvalue weighted by Gasteiger charge is -2.71. The van der Waals surface area contributed by atoms with Crippen LogP contribution in [0.1, 0.15) is 127 Å². The van der Waals surface area contributed by atoms with Crippen LogP contribution in [0.25, 0.3) is 0 Å². The van der Waals surface area contributed by atoms with Crippen LogP contribution < -0.4 is 0 Å². The minimum atomic E-state index is -0.751. The van der Waals surface area contributed by atoms with Gasteiger partial charge in [-0.05, 0) is 124 Å². The molecule has 4 aliphatic carbocycles. The van der Waals surface area contributed by atoms with Crippen LogP contribution in [0, 0.1) is 51.2 Å². The molecule has 0 bridgehead atoms. The minimum absolute atomic E-state index is 0.0718. The fourth-order valence-electron chi connectivity index (χ4n) is 10.8. The zero-order valence-electron chi connectivity index (χ0n) is 25.2. The van der Waals surface area contributed by atoms with Crippen LogP contribution in [0.15, 0.2) is 11.6 Å². The first-order valence-electron chi connectivity index (χ1n) is 15.0. The van der Waals surface area contributed by atoms with Crippen molar-refractivity contribution >= 4 is 5.97 Å². The van der Waals surface area contributed by atoms with E-state index >= 15 is 0 Å². The maximum absolute atomic E-state index is 12.5. The summed E-state index contributed by atoms with van der Waals surface area (Å²) in [5, 5.41) is 11.9. The van der Waals surface area contributed by atoms with E-state index in [9.17, 15) is 9.90 Å². The van der Waals surface area contributed by atoms with Crippen LogP contribution in [0.5, 0.6) is 0 Å². The third-order valence-corrected chi connectivity index (χ3v) is 13.2. The van der Waals surface area contributed by atoms with E-state index in [4.69, 9.17) is 4.74 Å². The number of allylic oxidation sites excluding steroid dienone is 2. The summed E-state index contributed by atoms with van der Waals surface area (Å²) < 4.78 is 6.27. The number of fused-ring (bicyclic) bond motifs is 5. The summed E-state index contributed by atoms with van der Waals surface area (Å²) in [5.41, 5.74) is 1.46. The van der Waals surface area contributed by atoms with Crippen molar-refractivity contribution in [1.82, 2.24) is 0 Å². The van der Waals surface area contributed by atoms with Gasteiger partial charge in [-0.2, -0.15) is 0 Å². The largest absolute Gasteiger partial charge is 0.462 e. The molecule has 206 valence electrons. The number of carbonyl (C=O) groups is 1. The second kappa shape index (κ2) is 9.13. The Morgan fingerprint density at radius 2 is 1.61 bits per heavy atom. The Labute approximate surface area is 222 Å². The highest BCUT2D eigenvalue weighted by Crippen LogP contribution is 2.76. The molecule has 0 spiro atoms. The molecule has 0 heterocycles. The Morgan fingerprint density at radius 1 is 0.972 bits per heavy atom. The van der Waals surface area contributed by atoms with Gasteiger partial charge < -0.3 is 9.84 Å². The Bertz CT molecular complexity index is 881. The average Bonchev–Trinajstić information content (AvgIpc) is 3.12. The third kappa shape index (κ3) is 4.13. The predicted molar refractivity (Wildman–Crippen MR) is 148 cm³/mol.